The molecule has 18 heteroatoms. The third-order valence-corrected chi connectivity index (χ3v) is 6.64. The summed E-state index contributed by atoms with van der Waals surface area (Å²) >= 11 is 6.25. The second kappa shape index (κ2) is 13.3. The van der Waals surface area contributed by atoms with Crippen molar-refractivity contribution in [2.75, 3.05) is 24.4 Å². The number of nitrogens with one attached hydrogen (secondary N) is 2. The Morgan fingerprint density at radius 3 is 2.69 bits per heavy atom. The number of anilines is 2. The van der Waals surface area contributed by atoms with Crippen LogP contribution in [0.15, 0.2) is 41.3 Å². The standard InChI is InChI=1S/C27H26ClF3N10O4/c1-3-41-22-18(43-9-5-8-33-11-16-12-34-14(2)36-24(16)40-44-26(42)27(29,30)31)13-35-19(15-6-4-7-17(28)10-15)20(22)37-25(41)21-23(32)39-45-38-21/h4,6-7,10,12-13,33H,3,5,8-9,11H2,1-2H3,(H2,32,39)(H,34,36,40). The lowest BCUT2D eigenvalue weighted by Crippen LogP contribution is -2.28. The fraction of sp³-hybridized carbons (Fsp3) is 0.296. The van der Waals surface area contributed by atoms with Gasteiger partial charge in [-0.2, -0.15) is 18.7 Å². The number of carbonyl (C=O) groups is 1. The van der Waals surface area contributed by atoms with E-state index in [0.29, 0.717) is 58.4 Å². The van der Waals surface area contributed by atoms with Crippen molar-refractivity contribution in [1.29, 1.82) is 0 Å². The normalized spacial score (nSPS) is 11.6. The maximum absolute atomic E-state index is 12.5. The van der Waals surface area contributed by atoms with Crippen molar-refractivity contribution < 1.29 is 32.2 Å². The van der Waals surface area contributed by atoms with Crippen LogP contribution in [0.3, 0.4) is 0 Å². The molecule has 4 N–H and O–H groups in total. The lowest BCUT2D eigenvalue weighted by Gasteiger charge is -2.13. The second-order valence-corrected chi connectivity index (χ2v) is 9.95. The third-order valence-electron chi connectivity index (χ3n) is 6.40. The average Bonchev–Trinajstić information content (AvgIpc) is 3.61. The van der Waals surface area contributed by atoms with Crippen molar-refractivity contribution in [2.24, 2.45) is 0 Å². The predicted octanol–water partition coefficient (Wildman–Crippen LogP) is 4.49. The number of nitrogens with two attached hydrogens (primary N) is 1. The van der Waals surface area contributed by atoms with Crippen LogP contribution in [0.5, 0.6) is 5.75 Å². The van der Waals surface area contributed by atoms with Gasteiger partial charge in [-0.15, -0.1) is 0 Å². The number of pyridine rings is 1. The van der Waals surface area contributed by atoms with E-state index in [2.05, 4.69) is 35.4 Å². The van der Waals surface area contributed by atoms with E-state index in [0.717, 1.165) is 5.56 Å². The van der Waals surface area contributed by atoms with Gasteiger partial charge in [0.2, 0.25) is 0 Å². The number of imidazole rings is 1. The van der Waals surface area contributed by atoms with E-state index in [4.69, 9.17) is 31.7 Å². The van der Waals surface area contributed by atoms with Gasteiger partial charge in [0, 0.05) is 35.4 Å². The number of nitrogens with zero attached hydrogens (tertiary/aromatic N) is 7. The highest BCUT2D eigenvalue weighted by Crippen LogP contribution is 2.37. The minimum absolute atomic E-state index is 0.0660. The van der Waals surface area contributed by atoms with Crippen molar-refractivity contribution >= 4 is 40.2 Å². The van der Waals surface area contributed by atoms with Crippen molar-refractivity contribution in [3.05, 3.63) is 53.1 Å². The Morgan fingerprint density at radius 1 is 1.16 bits per heavy atom. The van der Waals surface area contributed by atoms with Crippen molar-refractivity contribution in [1.82, 2.24) is 40.1 Å². The molecular formula is C27H26ClF3N10O4. The molecule has 0 aliphatic carbocycles. The summed E-state index contributed by atoms with van der Waals surface area (Å²) in [6, 6.07) is 7.23. The van der Waals surface area contributed by atoms with E-state index in [1.54, 1.807) is 25.3 Å². The number of aromatic nitrogens is 7. The largest absolute Gasteiger partial charge is 0.493 e. The molecule has 0 saturated heterocycles. The highest BCUT2D eigenvalue weighted by atomic mass is 35.5. The fourth-order valence-corrected chi connectivity index (χ4v) is 4.56. The van der Waals surface area contributed by atoms with E-state index in [1.807, 2.05) is 29.1 Å². The van der Waals surface area contributed by atoms with Gasteiger partial charge in [-0.1, -0.05) is 23.7 Å². The van der Waals surface area contributed by atoms with Gasteiger partial charge in [0.1, 0.15) is 16.9 Å². The number of hydrogen-bond donors (Lipinski definition) is 3. The van der Waals surface area contributed by atoms with Crippen molar-refractivity contribution in [3.8, 4) is 28.5 Å². The molecule has 0 aliphatic heterocycles. The zero-order chi connectivity index (χ0) is 32.1. The summed E-state index contributed by atoms with van der Waals surface area (Å²) in [5.41, 5.74) is 11.2. The van der Waals surface area contributed by atoms with Gasteiger partial charge in [-0.3, -0.25) is 0 Å². The summed E-state index contributed by atoms with van der Waals surface area (Å²) in [6.07, 6.45) is -1.59. The summed E-state index contributed by atoms with van der Waals surface area (Å²) in [5, 5.41) is 11.3. The summed E-state index contributed by atoms with van der Waals surface area (Å²) < 4.78 is 50.3. The van der Waals surface area contributed by atoms with Crippen LogP contribution in [0.2, 0.25) is 5.02 Å². The summed E-state index contributed by atoms with van der Waals surface area (Å²) in [4.78, 5) is 32.7. The molecule has 1 aromatic carbocycles. The second-order valence-electron chi connectivity index (χ2n) is 9.52. The number of halogens is 4. The van der Waals surface area contributed by atoms with Crippen LogP contribution in [0, 0.1) is 6.92 Å². The minimum Gasteiger partial charge on any atom is -0.490 e. The van der Waals surface area contributed by atoms with E-state index in [9.17, 15) is 18.0 Å². The number of benzene rings is 1. The molecule has 0 atom stereocenters. The molecule has 0 bridgehead atoms. The van der Waals surface area contributed by atoms with Gasteiger partial charge in [-0.25, -0.2) is 29.4 Å². The Labute approximate surface area is 258 Å². The molecule has 0 amide bonds. The molecule has 0 saturated carbocycles. The van der Waals surface area contributed by atoms with E-state index < -0.39 is 12.1 Å². The number of alkyl halides is 3. The van der Waals surface area contributed by atoms with E-state index in [-0.39, 0.29) is 36.3 Å². The Bertz CT molecular complexity index is 1830. The van der Waals surface area contributed by atoms with Gasteiger partial charge >= 0.3 is 12.1 Å². The van der Waals surface area contributed by atoms with Crippen molar-refractivity contribution in [3.63, 3.8) is 0 Å². The molecule has 5 aromatic rings. The third kappa shape index (κ3) is 7.04. The van der Waals surface area contributed by atoms with Crippen LogP contribution < -0.4 is 21.3 Å². The van der Waals surface area contributed by atoms with Crippen LogP contribution >= 0.6 is 11.6 Å². The zero-order valence-electron chi connectivity index (χ0n) is 23.9. The number of aryl methyl sites for hydroxylation is 2. The molecule has 0 unspecified atom stereocenters. The summed E-state index contributed by atoms with van der Waals surface area (Å²) in [5.74, 6) is -1.20. The van der Waals surface area contributed by atoms with Crippen LogP contribution in [-0.2, 0) is 22.7 Å². The molecule has 0 aliphatic rings. The molecule has 0 fully saturated rings. The van der Waals surface area contributed by atoms with E-state index in [1.165, 1.54) is 6.20 Å². The predicted molar refractivity (Wildman–Crippen MR) is 156 cm³/mol. The number of rotatable bonds is 12. The molecule has 4 heterocycles. The number of fused-ring (bicyclic) bond motifs is 1. The monoisotopic (exact) mass is 646 g/mol. The number of ether oxygens (including phenoxy) is 1. The maximum Gasteiger partial charge on any atom is 0.493 e. The van der Waals surface area contributed by atoms with Gasteiger partial charge in [0.05, 0.1) is 18.5 Å². The van der Waals surface area contributed by atoms with Crippen LogP contribution in [0.1, 0.15) is 24.7 Å². The lowest BCUT2D eigenvalue weighted by atomic mass is 10.1. The van der Waals surface area contributed by atoms with E-state index >= 15 is 0 Å². The first kappa shape index (κ1) is 31.4. The SMILES string of the molecule is CCn1c(-c2nonc2N)nc2c(-c3cccc(Cl)c3)ncc(OCCCNCc3cnc(C)nc3NOC(=O)C(F)(F)F)c21. The molecule has 236 valence electrons. The first-order valence-corrected chi connectivity index (χ1v) is 13.9. The highest BCUT2D eigenvalue weighted by molar-refractivity contribution is 6.30. The lowest BCUT2D eigenvalue weighted by molar-refractivity contribution is -0.196. The summed E-state index contributed by atoms with van der Waals surface area (Å²) in [6.45, 7) is 4.87. The van der Waals surface area contributed by atoms with Gasteiger partial charge in [0.15, 0.2) is 28.9 Å². The molecule has 0 spiro atoms. The first-order chi connectivity index (χ1) is 21.6. The number of hydrogen-bond acceptors (Lipinski definition) is 13. The maximum atomic E-state index is 12.5. The molecule has 4 aromatic heterocycles. The number of carbonyl (C=O) groups excluding carboxylic acids is 1. The average molecular weight is 647 g/mol. The topological polar surface area (TPSA) is 181 Å². The number of nitrogen functional groups attached to an aromatic ring is 1. The molecular weight excluding hydrogens is 621 g/mol. The first-order valence-electron chi connectivity index (χ1n) is 13.5. The van der Waals surface area contributed by atoms with Crippen LogP contribution in [-0.4, -0.2) is 60.1 Å². The van der Waals surface area contributed by atoms with Crippen molar-refractivity contribution in [2.45, 2.75) is 39.5 Å². The fourth-order valence-electron chi connectivity index (χ4n) is 4.37. The van der Waals surface area contributed by atoms with Gasteiger partial charge < -0.3 is 25.2 Å². The Hall–Kier alpha value is -5.03. The molecule has 0 radical (unpaired) electrons. The summed E-state index contributed by atoms with van der Waals surface area (Å²) in [7, 11) is 0. The molecule has 14 nitrogen and oxygen atoms in total. The smallest absolute Gasteiger partial charge is 0.490 e. The Balaban J connectivity index is 1.29. The minimum atomic E-state index is -5.15. The Kier molecular flexibility index (Phi) is 9.29. The van der Waals surface area contributed by atoms with Crippen LogP contribution in [0.25, 0.3) is 33.8 Å². The van der Waals surface area contributed by atoms with Gasteiger partial charge in [0.25, 0.3) is 0 Å². The quantitative estimate of drug-likeness (QED) is 0.127. The zero-order valence-corrected chi connectivity index (χ0v) is 24.6. The molecule has 5 rings (SSSR count). The van der Waals surface area contributed by atoms with Crippen LogP contribution in [0.4, 0.5) is 24.8 Å². The Morgan fingerprint density at radius 2 is 1.98 bits per heavy atom. The highest BCUT2D eigenvalue weighted by Gasteiger charge is 2.41. The molecule has 45 heavy (non-hydrogen) atoms. The van der Waals surface area contributed by atoms with Gasteiger partial charge in [-0.05, 0) is 49.3 Å².